The molecule has 3 heterocycles. The molecule has 1 aromatic carbocycles. The largest absolute Gasteiger partial charge is 0.479 e. The van der Waals surface area contributed by atoms with E-state index in [2.05, 4.69) is 25.5 Å². The molecule has 0 bridgehead atoms. The van der Waals surface area contributed by atoms with Crippen LogP contribution in [0.25, 0.3) is 17.1 Å². The number of anilines is 1. The van der Waals surface area contributed by atoms with Gasteiger partial charge < -0.3 is 14.6 Å². The number of pyridine rings is 1. The van der Waals surface area contributed by atoms with Crippen molar-refractivity contribution in [1.29, 1.82) is 0 Å². The SMILES string of the molecule is COc1nc(-c2cc(C)c(NC(C)c3cc(F)c(F)c(F)c3)nn2)ccc1-n1cnc(C)c1. The van der Waals surface area contributed by atoms with Crippen molar-refractivity contribution in [1.82, 2.24) is 24.7 Å². The minimum Gasteiger partial charge on any atom is -0.479 e. The van der Waals surface area contributed by atoms with Gasteiger partial charge >= 0.3 is 0 Å². The number of hydrogen-bond donors (Lipinski definition) is 1. The lowest BCUT2D eigenvalue weighted by Crippen LogP contribution is -2.11. The maximum atomic E-state index is 13.6. The van der Waals surface area contributed by atoms with Crippen molar-refractivity contribution >= 4 is 5.82 Å². The fraction of sp³-hybridized carbons (Fsp3) is 0.217. The molecule has 4 rings (SSSR count). The Morgan fingerprint density at radius 3 is 2.33 bits per heavy atom. The van der Waals surface area contributed by atoms with Crippen LogP contribution in [0.3, 0.4) is 0 Å². The molecule has 0 amide bonds. The maximum absolute atomic E-state index is 13.6. The van der Waals surface area contributed by atoms with Gasteiger partial charge in [0, 0.05) is 6.20 Å². The van der Waals surface area contributed by atoms with Crippen molar-refractivity contribution in [3.05, 3.63) is 77.1 Å². The number of ether oxygens (including phenoxy) is 1. The Bertz CT molecular complexity index is 1300. The van der Waals surface area contributed by atoms with E-state index in [1.807, 2.05) is 30.7 Å². The average Bonchev–Trinajstić information content (AvgIpc) is 3.23. The van der Waals surface area contributed by atoms with E-state index in [1.54, 1.807) is 25.4 Å². The summed E-state index contributed by atoms with van der Waals surface area (Å²) in [6.45, 7) is 5.39. The van der Waals surface area contributed by atoms with Crippen LogP contribution in [0.1, 0.15) is 29.8 Å². The van der Waals surface area contributed by atoms with Crippen LogP contribution in [0.5, 0.6) is 5.88 Å². The zero-order chi connectivity index (χ0) is 23.7. The standard InChI is InChI=1S/C23H21F3N6O/c1-12-7-19(18-5-6-20(23(29-18)33-4)32-10-13(2)27-11-32)30-31-22(12)28-14(3)15-8-16(24)21(26)17(25)9-15/h5-11,14H,1-4H3,(H,28,31). The molecule has 0 saturated carbocycles. The van der Waals surface area contributed by atoms with Gasteiger partial charge in [0.2, 0.25) is 5.88 Å². The molecule has 1 atom stereocenters. The van der Waals surface area contributed by atoms with Gasteiger partial charge in [0.1, 0.15) is 11.4 Å². The highest BCUT2D eigenvalue weighted by Crippen LogP contribution is 2.28. The van der Waals surface area contributed by atoms with E-state index in [9.17, 15) is 13.2 Å². The van der Waals surface area contributed by atoms with Gasteiger partial charge in [-0.15, -0.1) is 10.2 Å². The topological polar surface area (TPSA) is 77.8 Å². The molecule has 1 N–H and O–H groups in total. The normalized spacial score (nSPS) is 12.0. The van der Waals surface area contributed by atoms with Gasteiger partial charge in [0.05, 0.1) is 30.9 Å². The van der Waals surface area contributed by atoms with Crippen molar-refractivity contribution in [2.75, 3.05) is 12.4 Å². The number of benzene rings is 1. The van der Waals surface area contributed by atoms with Crippen LogP contribution in [0.15, 0.2) is 42.9 Å². The van der Waals surface area contributed by atoms with Crippen LogP contribution in [0, 0.1) is 31.3 Å². The number of nitrogens with one attached hydrogen (secondary N) is 1. The molecule has 0 radical (unpaired) electrons. The van der Waals surface area contributed by atoms with Crippen LogP contribution in [-0.2, 0) is 0 Å². The van der Waals surface area contributed by atoms with Gasteiger partial charge in [0.15, 0.2) is 23.3 Å². The Balaban J connectivity index is 1.59. The summed E-state index contributed by atoms with van der Waals surface area (Å²) in [6.07, 6.45) is 3.54. The Morgan fingerprint density at radius 1 is 1.00 bits per heavy atom. The molecule has 1 unspecified atom stereocenters. The van der Waals surface area contributed by atoms with E-state index in [1.165, 1.54) is 7.11 Å². The van der Waals surface area contributed by atoms with Crippen molar-refractivity contribution in [2.24, 2.45) is 0 Å². The Hall–Kier alpha value is -3.95. The van der Waals surface area contributed by atoms with E-state index < -0.39 is 23.5 Å². The van der Waals surface area contributed by atoms with E-state index in [0.717, 1.165) is 29.1 Å². The smallest absolute Gasteiger partial charge is 0.238 e. The quantitative estimate of drug-likeness (QED) is 0.416. The second-order valence-corrected chi connectivity index (χ2v) is 7.57. The summed E-state index contributed by atoms with van der Waals surface area (Å²) < 4.78 is 47.6. The number of halogens is 3. The Kier molecular flexibility index (Phi) is 5.99. The number of rotatable bonds is 6. The third-order valence-electron chi connectivity index (χ3n) is 5.13. The zero-order valence-corrected chi connectivity index (χ0v) is 18.4. The fourth-order valence-corrected chi connectivity index (χ4v) is 3.34. The molecule has 170 valence electrons. The molecule has 33 heavy (non-hydrogen) atoms. The van der Waals surface area contributed by atoms with Gasteiger partial charge in [-0.3, -0.25) is 0 Å². The monoisotopic (exact) mass is 454 g/mol. The molecule has 7 nitrogen and oxygen atoms in total. The zero-order valence-electron chi connectivity index (χ0n) is 18.4. The lowest BCUT2D eigenvalue weighted by molar-refractivity contribution is 0.396. The van der Waals surface area contributed by atoms with E-state index in [0.29, 0.717) is 23.1 Å². The van der Waals surface area contributed by atoms with E-state index in [-0.39, 0.29) is 5.56 Å². The van der Waals surface area contributed by atoms with Crippen molar-refractivity contribution in [3.63, 3.8) is 0 Å². The molecule has 0 aliphatic heterocycles. The molecule has 0 saturated heterocycles. The van der Waals surface area contributed by atoms with E-state index in [4.69, 9.17) is 4.74 Å². The summed E-state index contributed by atoms with van der Waals surface area (Å²) in [5, 5.41) is 11.5. The molecule has 0 aliphatic rings. The summed E-state index contributed by atoms with van der Waals surface area (Å²) >= 11 is 0. The van der Waals surface area contributed by atoms with Gasteiger partial charge in [-0.25, -0.2) is 23.1 Å². The second kappa shape index (κ2) is 8.89. The van der Waals surface area contributed by atoms with Crippen LogP contribution in [0.4, 0.5) is 19.0 Å². The molecule has 4 aromatic rings. The molecule has 10 heteroatoms. The van der Waals surface area contributed by atoms with Crippen molar-refractivity contribution in [3.8, 4) is 23.0 Å². The third kappa shape index (κ3) is 4.50. The predicted molar refractivity (Wildman–Crippen MR) is 117 cm³/mol. The summed E-state index contributed by atoms with van der Waals surface area (Å²) in [5.41, 5.74) is 3.67. The number of nitrogens with zero attached hydrogens (tertiary/aromatic N) is 5. The molecular weight excluding hydrogens is 433 g/mol. The summed E-state index contributed by atoms with van der Waals surface area (Å²) in [7, 11) is 1.53. The van der Waals surface area contributed by atoms with Crippen LogP contribution < -0.4 is 10.1 Å². The number of imidazole rings is 1. The number of hydrogen-bond acceptors (Lipinski definition) is 6. The van der Waals surface area contributed by atoms with Crippen LogP contribution in [0.2, 0.25) is 0 Å². The minimum atomic E-state index is -1.50. The van der Waals surface area contributed by atoms with Gasteiger partial charge in [0.25, 0.3) is 0 Å². The first kappa shape index (κ1) is 22.3. The highest BCUT2D eigenvalue weighted by Gasteiger charge is 2.17. The molecule has 0 fully saturated rings. The third-order valence-corrected chi connectivity index (χ3v) is 5.13. The molecule has 0 spiro atoms. The lowest BCUT2D eigenvalue weighted by atomic mass is 10.1. The van der Waals surface area contributed by atoms with Gasteiger partial charge in [-0.2, -0.15) is 0 Å². The Labute approximate surface area is 188 Å². The summed E-state index contributed by atoms with van der Waals surface area (Å²) in [4.78, 5) is 8.76. The second-order valence-electron chi connectivity index (χ2n) is 7.57. The maximum Gasteiger partial charge on any atom is 0.238 e. The molecule has 3 aromatic heterocycles. The van der Waals surface area contributed by atoms with Crippen LogP contribution >= 0.6 is 0 Å². The summed E-state index contributed by atoms with van der Waals surface area (Å²) in [5.74, 6) is -3.16. The predicted octanol–water partition coefficient (Wildman–Crippen LogP) is 4.94. The first-order chi connectivity index (χ1) is 15.8. The number of methoxy groups -OCH3 is 1. The average molecular weight is 454 g/mol. The highest BCUT2D eigenvalue weighted by atomic mass is 19.2. The Morgan fingerprint density at radius 2 is 1.73 bits per heavy atom. The van der Waals surface area contributed by atoms with Gasteiger partial charge in [-0.1, -0.05) is 0 Å². The molecular formula is C23H21F3N6O. The van der Waals surface area contributed by atoms with Crippen molar-refractivity contribution in [2.45, 2.75) is 26.8 Å². The van der Waals surface area contributed by atoms with E-state index >= 15 is 0 Å². The minimum absolute atomic E-state index is 0.244. The van der Waals surface area contributed by atoms with Crippen LogP contribution in [-0.4, -0.2) is 31.8 Å². The number of aryl methyl sites for hydroxylation is 2. The highest BCUT2D eigenvalue weighted by molar-refractivity contribution is 5.61. The first-order valence-corrected chi connectivity index (χ1v) is 10.1. The lowest BCUT2D eigenvalue weighted by Gasteiger charge is -2.17. The molecule has 0 aliphatic carbocycles. The van der Waals surface area contributed by atoms with Crippen molar-refractivity contribution < 1.29 is 17.9 Å². The van der Waals surface area contributed by atoms with Gasteiger partial charge in [-0.05, 0) is 62.2 Å². The fourth-order valence-electron chi connectivity index (χ4n) is 3.34. The number of aromatic nitrogens is 5. The first-order valence-electron chi connectivity index (χ1n) is 10.1. The summed E-state index contributed by atoms with van der Waals surface area (Å²) in [6, 6.07) is 6.81.